The molecule has 7 heteroatoms. The number of piperazine rings is 1. The summed E-state index contributed by atoms with van der Waals surface area (Å²) in [6.07, 6.45) is 0.426. The second-order valence-corrected chi connectivity index (χ2v) is 6.46. The number of nitrogens with zero attached hydrogens (tertiary/aromatic N) is 4. The fourth-order valence-corrected chi connectivity index (χ4v) is 3.30. The van der Waals surface area contributed by atoms with Gasteiger partial charge in [0.15, 0.2) is 0 Å². The molecule has 0 unspecified atom stereocenters. The van der Waals surface area contributed by atoms with Crippen molar-refractivity contribution in [2.45, 2.75) is 13.3 Å². The van der Waals surface area contributed by atoms with Crippen LogP contribution in [0.2, 0.25) is 5.02 Å². The minimum atomic E-state index is 0.162. The fraction of sp³-hybridized carbons (Fsp3) is 0.400. The molecule has 116 valence electrons. The summed E-state index contributed by atoms with van der Waals surface area (Å²) in [5.74, 6) is 0.969. The second kappa shape index (κ2) is 6.62. The average molecular weight is 337 g/mol. The molecule has 5 nitrogen and oxygen atoms in total. The third-order valence-electron chi connectivity index (χ3n) is 3.69. The Morgan fingerprint density at radius 1 is 1.23 bits per heavy atom. The monoisotopic (exact) mass is 336 g/mol. The molecular formula is C15H17ClN4OS. The van der Waals surface area contributed by atoms with Gasteiger partial charge in [0.05, 0.1) is 6.42 Å². The largest absolute Gasteiger partial charge is 0.343 e. The normalized spacial score (nSPS) is 15.2. The zero-order chi connectivity index (χ0) is 15.5. The van der Waals surface area contributed by atoms with E-state index in [1.165, 1.54) is 11.5 Å². The highest BCUT2D eigenvalue weighted by molar-refractivity contribution is 7.09. The number of hydrogen-bond donors (Lipinski definition) is 0. The van der Waals surface area contributed by atoms with Crippen molar-refractivity contribution in [1.82, 2.24) is 14.3 Å². The first-order chi connectivity index (χ1) is 10.6. The zero-order valence-corrected chi connectivity index (χ0v) is 13.9. The fourth-order valence-electron chi connectivity index (χ4n) is 2.45. The van der Waals surface area contributed by atoms with Gasteiger partial charge in [-0.05, 0) is 24.6 Å². The molecule has 1 saturated heterocycles. The van der Waals surface area contributed by atoms with Crippen LogP contribution < -0.4 is 4.90 Å². The van der Waals surface area contributed by atoms with Gasteiger partial charge in [0.2, 0.25) is 11.0 Å². The van der Waals surface area contributed by atoms with Crippen LogP contribution >= 0.6 is 23.1 Å². The summed E-state index contributed by atoms with van der Waals surface area (Å²) in [7, 11) is 0. The van der Waals surface area contributed by atoms with Gasteiger partial charge in [0, 0.05) is 42.7 Å². The minimum absolute atomic E-state index is 0.162. The molecule has 0 radical (unpaired) electrons. The lowest BCUT2D eigenvalue weighted by molar-refractivity contribution is -0.130. The number of halogens is 1. The van der Waals surface area contributed by atoms with Gasteiger partial charge in [-0.25, -0.2) is 4.98 Å². The van der Waals surface area contributed by atoms with Crippen LogP contribution in [0, 0.1) is 6.92 Å². The molecule has 1 aliphatic heterocycles. The molecule has 2 heterocycles. The van der Waals surface area contributed by atoms with Crippen LogP contribution in [0.1, 0.15) is 11.4 Å². The third kappa shape index (κ3) is 3.56. The summed E-state index contributed by atoms with van der Waals surface area (Å²) in [5.41, 5.74) is 0.997. The predicted octanol–water partition coefficient (Wildman–Crippen LogP) is 2.39. The molecule has 0 N–H and O–H groups in total. The van der Waals surface area contributed by atoms with Crippen molar-refractivity contribution in [3.63, 3.8) is 0 Å². The molecule has 0 spiro atoms. The quantitative estimate of drug-likeness (QED) is 0.863. The van der Waals surface area contributed by atoms with E-state index in [4.69, 9.17) is 11.6 Å². The van der Waals surface area contributed by atoms with E-state index in [9.17, 15) is 4.79 Å². The molecule has 1 amide bonds. The topological polar surface area (TPSA) is 49.3 Å². The van der Waals surface area contributed by atoms with E-state index >= 15 is 0 Å². The van der Waals surface area contributed by atoms with E-state index in [1.807, 2.05) is 36.1 Å². The van der Waals surface area contributed by atoms with E-state index in [0.29, 0.717) is 11.4 Å². The van der Waals surface area contributed by atoms with Gasteiger partial charge < -0.3 is 9.80 Å². The molecule has 0 saturated carbocycles. The Kier molecular flexibility index (Phi) is 4.59. The molecule has 1 fully saturated rings. The molecular weight excluding hydrogens is 320 g/mol. The maximum atomic E-state index is 12.3. The number of anilines is 1. The van der Waals surface area contributed by atoms with E-state index in [1.54, 1.807) is 0 Å². The van der Waals surface area contributed by atoms with E-state index < -0.39 is 0 Å². The average Bonchev–Trinajstić information content (AvgIpc) is 2.96. The minimum Gasteiger partial charge on any atom is -0.343 e. The van der Waals surface area contributed by atoms with Gasteiger partial charge in [-0.15, -0.1) is 0 Å². The van der Waals surface area contributed by atoms with Crippen molar-refractivity contribution in [1.29, 1.82) is 0 Å². The van der Waals surface area contributed by atoms with Crippen molar-refractivity contribution in [3.05, 3.63) is 40.7 Å². The van der Waals surface area contributed by atoms with E-state index in [0.717, 1.165) is 42.7 Å². The summed E-state index contributed by atoms with van der Waals surface area (Å²) in [4.78, 5) is 20.9. The predicted molar refractivity (Wildman–Crippen MR) is 88.6 cm³/mol. The Morgan fingerprint density at radius 3 is 2.50 bits per heavy atom. The Bertz CT molecular complexity index is 650. The van der Waals surface area contributed by atoms with Crippen molar-refractivity contribution < 1.29 is 4.79 Å². The van der Waals surface area contributed by atoms with Gasteiger partial charge in [-0.3, -0.25) is 4.79 Å². The van der Waals surface area contributed by atoms with Gasteiger partial charge >= 0.3 is 0 Å². The van der Waals surface area contributed by atoms with Crippen LogP contribution in [-0.4, -0.2) is 46.3 Å². The standard InChI is InChI=1S/C15H17ClN4OS/c1-11-17-15(22-18-11)20-8-6-19(7-9-20)14(21)10-12-2-4-13(16)5-3-12/h2-5H,6-10H2,1H3. The first-order valence-corrected chi connectivity index (χ1v) is 8.34. The lowest BCUT2D eigenvalue weighted by atomic mass is 10.1. The molecule has 1 aromatic carbocycles. The number of amides is 1. The highest BCUT2D eigenvalue weighted by Gasteiger charge is 2.22. The van der Waals surface area contributed by atoms with Crippen molar-refractivity contribution in [3.8, 4) is 0 Å². The molecule has 0 atom stereocenters. The number of aromatic nitrogens is 2. The van der Waals surface area contributed by atoms with Gasteiger partial charge in [0.1, 0.15) is 5.82 Å². The maximum Gasteiger partial charge on any atom is 0.227 e. The Balaban J connectivity index is 1.54. The van der Waals surface area contributed by atoms with Crippen LogP contribution in [0.15, 0.2) is 24.3 Å². The third-order valence-corrected chi connectivity index (χ3v) is 4.81. The Hall–Kier alpha value is -1.66. The van der Waals surface area contributed by atoms with Crippen LogP contribution in [0.5, 0.6) is 0 Å². The Morgan fingerprint density at radius 2 is 1.91 bits per heavy atom. The molecule has 1 aromatic heterocycles. The molecule has 22 heavy (non-hydrogen) atoms. The summed E-state index contributed by atoms with van der Waals surface area (Å²) >= 11 is 7.28. The summed E-state index contributed by atoms with van der Waals surface area (Å²) < 4.78 is 4.21. The number of aryl methyl sites for hydroxylation is 1. The molecule has 0 aliphatic carbocycles. The highest BCUT2D eigenvalue weighted by atomic mass is 35.5. The van der Waals surface area contributed by atoms with Crippen LogP contribution in [0.3, 0.4) is 0 Å². The summed E-state index contributed by atoms with van der Waals surface area (Å²) in [5, 5.41) is 1.64. The van der Waals surface area contributed by atoms with Gasteiger partial charge in [-0.2, -0.15) is 4.37 Å². The van der Waals surface area contributed by atoms with Crippen LogP contribution in [0.4, 0.5) is 5.13 Å². The zero-order valence-electron chi connectivity index (χ0n) is 12.3. The van der Waals surface area contributed by atoms with E-state index in [-0.39, 0.29) is 5.91 Å². The summed E-state index contributed by atoms with van der Waals surface area (Å²) in [6, 6.07) is 7.45. The van der Waals surface area contributed by atoms with Crippen molar-refractivity contribution in [2.75, 3.05) is 31.1 Å². The number of hydrogen-bond acceptors (Lipinski definition) is 5. The lowest BCUT2D eigenvalue weighted by Gasteiger charge is -2.34. The van der Waals surface area contributed by atoms with Crippen LogP contribution in [-0.2, 0) is 11.2 Å². The SMILES string of the molecule is Cc1nsc(N2CCN(C(=O)Cc3ccc(Cl)cc3)CC2)n1. The smallest absolute Gasteiger partial charge is 0.227 e. The molecule has 0 bridgehead atoms. The number of rotatable bonds is 3. The number of carbonyl (C=O) groups is 1. The van der Waals surface area contributed by atoms with Crippen molar-refractivity contribution >= 4 is 34.2 Å². The maximum absolute atomic E-state index is 12.3. The second-order valence-electron chi connectivity index (χ2n) is 5.30. The molecule has 1 aliphatic rings. The number of carbonyl (C=O) groups excluding carboxylic acids is 1. The highest BCUT2D eigenvalue weighted by Crippen LogP contribution is 2.19. The lowest BCUT2D eigenvalue weighted by Crippen LogP contribution is -2.49. The van der Waals surface area contributed by atoms with Gasteiger partial charge in [0.25, 0.3) is 0 Å². The van der Waals surface area contributed by atoms with Crippen molar-refractivity contribution in [2.24, 2.45) is 0 Å². The van der Waals surface area contributed by atoms with Crippen LogP contribution in [0.25, 0.3) is 0 Å². The van der Waals surface area contributed by atoms with E-state index in [2.05, 4.69) is 14.3 Å². The summed E-state index contributed by atoms with van der Waals surface area (Å²) in [6.45, 7) is 4.96. The first kappa shape index (κ1) is 15.2. The van der Waals surface area contributed by atoms with Gasteiger partial charge in [-0.1, -0.05) is 23.7 Å². The Labute approximate surface area is 138 Å². The first-order valence-electron chi connectivity index (χ1n) is 7.19. The number of benzene rings is 1. The molecule has 3 rings (SSSR count). The molecule has 2 aromatic rings.